The maximum atomic E-state index is 12.0. The van der Waals surface area contributed by atoms with Crippen molar-refractivity contribution in [2.24, 2.45) is 5.41 Å². The highest BCUT2D eigenvalue weighted by Gasteiger charge is 2.55. The molecular weight excluding hydrogens is 319 g/mol. The third-order valence-corrected chi connectivity index (χ3v) is 4.23. The van der Waals surface area contributed by atoms with Gasteiger partial charge in [0.1, 0.15) is 11.5 Å². The molecule has 0 aromatic heterocycles. The lowest BCUT2D eigenvalue weighted by atomic mass is 9.73. The topological polar surface area (TPSA) is 46.5 Å². The SMILES string of the molecule is CC(C)(I)[C@@H]1C[C@]2(C=CCC[C@@H]2O)C(=O)O1. The van der Waals surface area contributed by atoms with Crippen LogP contribution in [0.3, 0.4) is 0 Å². The lowest BCUT2D eigenvalue weighted by Gasteiger charge is -2.30. The van der Waals surface area contributed by atoms with Crippen LogP contribution in [0.4, 0.5) is 0 Å². The van der Waals surface area contributed by atoms with E-state index in [1.165, 1.54) is 0 Å². The third kappa shape index (κ3) is 1.90. The number of alkyl halides is 1. The van der Waals surface area contributed by atoms with Gasteiger partial charge in [0.2, 0.25) is 0 Å². The smallest absolute Gasteiger partial charge is 0.319 e. The molecule has 1 N–H and O–H groups in total. The highest BCUT2D eigenvalue weighted by molar-refractivity contribution is 14.1. The minimum absolute atomic E-state index is 0.0953. The molecule has 1 heterocycles. The van der Waals surface area contributed by atoms with Gasteiger partial charge in [-0.05, 0) is 26.7 Å². The zero-order chi connectivity index (χ0) is 12.0. The molecule has 3 nitrogen and oxygen atoms in total. The first-order chi connectivity index (χ1) is 7.36. The summed E-state index contributed by atoms with van der Waals surface area (Å²) in [4.78, 5) is 12.0. The van der Waals surface area contributed by atoms with Crippen molar-refractivity contribution in [1.82, 2.24) is 0 Å². The number of hydrogen-bond acceptors (Lipinski definition) is 3. The number of hydrogen-bond donors (Lipinski definition) is 1. The van der Waals surface area contributed by atoms with Crippen molar-refractivity contribution < 1.29 is 14.6 Å². The van der Waals surface area contributed by atoms with Crippen LogP contribution in [0.1, 0.15) is 33.1 Å². The second-order valence-corrected chi connectivity index (χ2v) is 7.98. The van der Waals surface area contributed by atoms with E-state index in [1.54, 1.807) is 0 Å². The van der Waals surface area contributed by atoms with Crippen LogP contribution in [0.25, 0.3) is 0 Å². The van der Waals surface area contributed by atoms with Gasteiger partial charge in [-0.25, -0.2) is 0 Å². The number of cyclic esters (lactones) is 1. The maximum Gasteiger partial charge on any atom is 0.319 e. The summed E-state index contributed by atoms with van der Waals surface area (Å²) in [5, 5.41) is 10.1. The first-order valence-electron chi connectivity index (χ1n) is 5.62. The molecule has 0 radical (unpaired) electrons. The van der Waals surface area contributed by atoms with Crippen LogP contribution in [0.5, 0.6) is 0 Å². The lowest BCUT2D eigenvalue weighted by molar-refractivity contribution is -0.151. The Labute approximate surface area is 109 Å². The second kappa shape index (κ2) is 3.98. The molecule has 1 aliphatic carbocycles. The predicted molar refractivity (Wildman–Crippen MR) is 69.4 cm³/mol. The van der Waals surface area contributed by atoms with Crippen molar-refractivity contribution in [1.29, 1.82) is 0 Å². The summed E-state index contributed by atoms with van der Waals surface area (Å²) in [6, 6.07) is 0. The third-order valence-electron chi connectivity index (χ3n) is 3.53. The highest BCUT2D eigenvalue weighted by atomic mass is 127. The van der Waals surface area contributed by atoms with E-state index in [2.05, 4.69) is 22.6 Å². The molecule has 1 aliphatic heterocycles. The zero-order valence-electron chi connectivity index (χ0n) is 9.57. The summed E-state index contributed by atoms with van der Waals surface area (Å²) in [6.45, 7) is 4.09. The minimum atomic E-state index is -0.772. The van der Waals surface area contributed by atoms with Crippen LogP contribution in [0, 0.1) is 5.41 Å². The van der Waals surface area contributed by atoms with Crippen LogP contribution in [-0.2, 0) is 9.53 Å². The highest BCUT2D eigenvalue weighted by Crippen LogP contribution is 2.46. The number of allylic oxidation sites excluding steroid dienone is 1. The molecule has 0 aromatic carbocycles. The van der Waals surface area contributed by atoms with Crippen molar-refractivity contribution in [3.05, 3.63) is 12.2 Å². The van der Waals surface area contributed by atoms with E-state index in [9.17, 15) is 9.90 Å². The van der Waals surface area contributed by atoms with Gasteiger partial charge in [0.15, 0.2) is 0 Å². The van der Waals surface area contributed by atoms with Crippen LogP contribution in [-0.4, -0.2) is 26.7 Å². The lowest BCUT2D eigenvalue weighted by Crippen LogP contribution is -2.39. The fourth-order valence-corrected chi connectivity index (χ4v) is 2.73. The molecule has 0 bridgehead atoms. The van der Waals surface area contributed by atoms with Crippen molar-refractivity contribution in [3.8, 4) is 0 Å². The van der Waals surface area contributed by atoms with Crippen molar-refractivity contribution in [2.45, 2.75) is 48.7 Å². The Morgan fingerprint density at radius 3 is 2.81 bits per heavy atom. The van der Waals surface area contributed by atoms with E-state index in [4.69, 9.17) is 4.74 Å². The molecular formula is C12H17IO3. The average Bonchev–Trinajstić information content (AvgIpc) is 2.50. The van der Waals surface area contributed by atoms with Crippen molar-refractivity contribution in [2.75, 3.05) is 0 Å². The number of aliphatic hydroxyl groups excluding tert-OH is 1. The van der Waals surface area contributed by atoms with Crippen LogP contribution in [0.2, 0.25) is 0 Å². The summed E-state index contributed by atoms with van der Waals surface area (Å²) in [6.07, 6.45) is 5.22. The van der Waals surface area contributed by atoms with Gasteiger partial charge in [0.25, 0.3) is 0 Å². The Morgan fingerprint density at radius 1 is 1.62 bits per heavy atom. The monoisotopic (exact) mass is 336 g/mol. The normalized spacial score (nSPS) is 39.1. The van der Waals surface area contributed by atoms with E-state index in [-0.39, 0.29) is 15.5 Å². The Bertz CT molecular complexity index is 332. The van der Waals surface area contributed by atoms with Crippen LogP contribution < -0.4 is 0 Å². The summed E-state index contributed by atoms with van der Waals surface area (Å²) in [5.41, 5.74) is -0.772. The molecule has 0 unspecified atom stereocenters. The Balaban J connectivity index is 2.27. The zero-order valence-corrected chi connectivity index (χ0v) is 11.7. The van der Waals surface area contributed by atoms with Crippen LogP contribution >= 0.6 is 22.6 Å². The maximum absolute atomic E-state index is 12.0. The Kier molecular flexibility index (Phi) is 3.07. The van der Waals surface area contributed by atoms with E-state index in [0.29, 0.717) is 12.8 Å². The fraction of sp³-hybridized carbons (Fsp3) is 0.750. The molecule has 2 rings (SSSR count). The number of aliphatic hydroxyl groups is 1. The number of carbonyl (C=O) groups is 1. The summed E-state index contributed by atoms with van der Waals surface area (Å²) < 4.78 is 5.34. The molecule has 0 saturated carbocycles. The first-order valence-corrected chi connectivity index (χ1v) is 6.70. The molecule has 0 amide bonds. The minimum Gasteiger partial charge on any atom is -0.460 e. The standard InChI is InChI=1S/C12H17IO3/c1-11(2,13)9-7-12(10(15)16-9)6-4-3-5-8(12)14/h4,6,8-9,14H,3,5,7H2,1-2H3/t8-,9-,12-/m0/s1. The van der Waals surface area contributed by atoms with Gasteiger partial charge in [-0.1, -0.05) is 34.7 Å². The average molecular weight is 336 g/mol. The molecule has 1 spiro atoms. The largest absolute Gasteiger partial charge is 0.460 e. The van der Waals surface area contributed by atoms with Gasteiger partial charge in [-0.2, -0.15) is 0 Å². The van der Waals surface area contributed by atoms with Gasteiger partial charge in [0, 0.05) is 6.42 Å². The van der Waals surface area contributed by atoms with E-state index in [1.807, 2.05) is 26.0 Å². The number of rotatable bonds is 1. The first kappa shape index (κ1) is 12.4. The van der Waals surface area contributed by atoms with Crippen LogP contribution in [0.15, 0.2) is 12.2 Å². The van der Waals surface area contributed by atoms with Crippen molar-refractivity contribution in [3.63, 3.8) is 0 Å². The van der Waals surface area contributed by atoms with Crippen molar-refractivity contribution >= 4 is 28.6 Å². The molecule has 3 atom stereocenters. The van der Waals surface area contributed by atoms with Gasteiger partial charge < -0.3 is 9.84 Å². The molecule has 1 fully saturated rings. The summed E-state index contributed by atoms with van der Waals surface area (Å²) in [5.74, 6) is -0.259. The van der Waals surface area contributed by atoms with Gasteiger partial charge >= 0.3 is 5.97 Å². The molecule has 0 aromatic rings. The molecule has 4 heteroatoms. The number of esters is 1. The fourth-order valence-electron chi connectivity index (χ4n) is 2.38. The Hall–Kier alpha value is -0.100. The van der Waals surface area contributed by atoms with Gasteiger partial charge in [-0.15, -0.1) is 0 Å². The Morgan fingerprint density at radius 2 is 2.31 bits per heavy atom. The predicted octanol–water partition coefficient (Wildman–Crippen LogP) is 2.21. The second-order valence-electron chi connectivity index (χ2n) is 5.20. The quantitative estimate of drug-likeness (QED) is 0.346. The number of halogens is 1. The summed E-state index contributed by atoms with van der Waals surface area (Å²) in [7, 11) is 0. The number of ether oxygens (including phenoxy) is 1. The summed E-state index contributed by atoms with van der Waals surface area (Å²) >= 11 is 2.29. The molecule has 2 aliphatic rings. The van der Waals surface area contributed by atoms with E-state index < -0.39 is 11.5 Å². The molecule has 90 valence electrons. The van der Waals surface area contributed by atoms with E-state index in [0.717, 1.165) is 6.42 Å². The van der Waals surface area contributed by atoms with Gasteiger partial charge in [-0.3, -0.25) is 4.79 Å². The molecule has 16 heavy (non-hydrogen) atoms. The molecule has 1 saturated heterocycles. The van der Waals surface area contributed by atoms with Gasteiger partial charge in [0.05, 0.1) is 9.53 Å². The number of carbonyl (C=O) groups excluding carboxylic acids is 1. The van der Waals surface area contributed by atoms with E-state index >= 15 is 0 Å².